The lowest BCUT2D eigenvalue weighted by Crippen LogP contribution is -2.40. The highest BCUT2D eigenvalue weighted by Gasteiger charge is 2.60. The van der Waals surface area contributed by atoms with Crippen LogP contribution in [0.3, 0.4) is 0 Å². The molecule has 16 rings (SSSR count). The quantitative estimate of drug-likeness (QED) is 0.121. The van der Waals surface area contributed by atoms with E-state index in [4.69, 9.17) is 4.74 Å². The van der Waals surface area contributed by atoms with Crippen molar-refractivity contribution in [1.82, 2.24) is 0 Å². The van der Waals surface area contributed by atoms with E-state index in [2.05, 4.69) is 235 Å². The summed E-state index contributed by atoms with van der Waals surface area (Å²) in [5, 5.41) is 2.27. The Morgan fingerprint density at radius 1 is 0.575 bits per heavy atom. The molecule has 5 heteroatoms. The zero-order valence-electron chi connectivity index (χ0n) is 48.8. The zero-order chi connectivity index (χ0) is 58.4. The molecule has 0 bridgehead atoms. The van der Waals surface area contributed by atoms with E-state index in [9.17, 15) is 0 Å². The minimum absolute atomic E-state index is 0.0382. The van der Waals surface area contributed by atoms with Crippen LogP contribution >= 0.6 is 0 Å². The second-order valence-corrected chi connectivity index (χ2v) is 25.0. The van der Waals surface area contributed by atoms with E-state index in [1.165, 1.54) is 44.5 Å². The number of anilines is 3. The topological polar surface area (TPSA) is 15.7 Å². The predicted molar refractivity (Wildman–Crippen MR) is 353 cm³/mol. The minimum Gasteiger partial charge on any atom is -0.489 e. The molecule has 87 heavy (non-hydrogen) atoms. The van der Waals surface area contributed by atoms with Gasteiger partial charge in [-0.25, -0.2) is 8.78 Å². The van der Waals surface area contributed by atoms with Crippen LogP contribution in [-0.2, 0) is 15.6 Å². The maximum atomic E-state index is 15.1. The zero-order valence-corrected chi connectivity index (χ0v) is 48.8. The first-order valence-corrected chi connectivity index (χ1v) is 31.3. The van der Waals surface area contributed by atoms with Crippen molar-refractivity contribution in [2.75, 3.05) is 9.80 Å². The van der Waals surface area contributed by atoms with Gasteiger partial charge >= 0.3 is 0 Å². The van der Waals surface area contributed by atoms with Gasteiger partial charge in [0.1, 0.15) is 23.5 Å². The molecule has 3 nitrogen and oxygen atoms in total. The fourth-order valence-corrected chi connectivity index (χ4v) is 17.0. The fraction of sp³-hybridized carbons (Fsp3) is 0.195. The predicted octanol–water partition coefficient (Wildman–Crippen LogP) is 18.4. The Kier molecular flexibility index (Phi) is 13.0. The Hall–Kier alpha value is -9.32. The van der Waals surface area contributed by atoms with Crippen LogP contribution in [0, 0.1) is 41.3 Å². The number of halogens is 2. The maximum absolute atomic E-state index is 15.1. The molecule has 9 aliphatic carbocycles. The van der Waals surface area contributed by atoms with Gasteiger partial charge in [-0.05, 0) is 195 Å². The summed E-state index contributed by atoms with van der Waals surface area (Å²) in [6.45, 7) is 8.21. The van der Waals surface area contributed by atoms with Crippen LogP contribution in [0.2, 0.25) is 0 Å². The third kappa shape index (κ3) is 8.47. The lowest BCUT2D eigenvalue weighted by atomic mass is 9.61. The third-order valence-electron chi connectivity index (χ3n) is 20.8. The number of ether oxygens (including phenoxy) is 1. The Morgan fingerprint density at radius 3 is 2.14 bits per heavy atom. The highest BCUT2D eigenvalue weighted by Crippen LogP contribution is 2.64. The first-order valence-electron chi connectivity index (χ1n) is 31.3. The van der Waals surface area contributed by atoms with Crippen molar-refractivity contribution >= 4 is 35.3 Å². The third-order valence-corrected chi connectivity index (χ3v) is 20.8. The van der Waals surface area contributed by atoms with Crippen molar-refractivity contribution in [2.45, 2.75) is 61.9 Å². The summed E-state index contributed by atoms with van der Waals surface area (Å²) in [5.41, 5.74) is 18.0. The van der Waals surface area contributed by atoms with Crippen molar-refractivity contribution in [2.24, 2.45) is 35.5 Å². The largest absolute Gasteiger partial charge is 0.489 e. The molecule has 0 amide bonds. The second-order valence-electron chi connectivity index (χ2n) is 25.0. The van der Waals surface area contributed by atoms with Crippen molar-refractivity contribution in [3.05, 3.63) is 345 Å². The molecule has 6 aromatic rings. The molecular formula is C82H68F2N2O. The van der Waals surface area contributed by atoms with E-state index in [1.807, 2.05) is 30.4 Å². The number of hydrogen-bond acceptors (Lipinski definition) is 3. The van der Waals surface area contributed by atoms with Gasteiger partial charge in [0.15, 0.2) is 0 Å². The molecular weight excluding hydrogens is 1070 g/mol. The van der Waals surface area contributed by atoms with E-state index in [-0.39, 0.29) is 58.7 Å². The Morgan fingerprint density at radius 2 is 1.34 bits per heavy atom. The van der Waals surface area contributed by atoms with Crippen LogP contribution in [0.4, 0.5) is 25.8 Å². The van der Waals surface area contributed by atoms with Gasteiger partial charge in [0, 0.05) is 69.8 Å². The monoisotopic (exact) mass is 1130 g/mol. The molecule has 0 N–H and O–H groups in total. The van der Waals surface area contributed by atoms with E-state index in [0.717, 1.165) is 93.6 Å². The first kappa shape index (κ1) is 53.2. The van der Waals surface area contributed by atoms with Crippen LogP contribution in [0.15, 0.2) is 301 Å². The molecule has 1 saturated carbocycles. The second kappa shape index (κ2) is 21.3. The molecule has 1 aliphatic heterocycles. The number of rotatable bonds is 12. The SMILES string of the molecule is C=CC1=CCC(C2(C3=CCCC=C3)c3ccccc3-c3ccc(N(C4=CC=C(F)CC4)c4ccc5c(c4)=CC4C6=C(CCC(N(C7=CC8C(C=C7)C7C=CC=CC7C8(c7ccccc7)c7ccc(C=C)cc7)c7ccc(F)cc7)=C6)OC4C=5)cc32)C=C1. The van der Waals surface area contributed by atoms with E-state index >= 15 is 8.78 Å². The van der Waals surface area contributed by atoms with Gasteiger partial charge < -0.3 is 14.5 Å². The summed E-state index contributed by atoms with van der Waals surface area (Å²) in [7, 11) is 0. The van der Waals surface area contributed by atoms with Gasteiger partial charge in [0.25, 0.3) is 0 Å². The molecule has 6 aromatic carbocycles. The summed E-state index contributed by atoms with van der Waals surface area (Å²) in [6, 6.07) is 50.1. The minimum atomic E-state index is -0.432. The van der Waals surface area contributed by atoms with Crippen LogP contribution in [0.5, 0.6) is 0 Å². The standard InChI is InChI=1S/C82H68F2N2O/c1-3-53-23-28-59(29-24-53)81(57-15-7-5-8-16-57)75-21-13-11-19-69(75)71-44-41-67(51-77(71)81)85(63-37-32-61(83)33-38-63)65-36-27-55-49-80-73(48-56(55)47-65)74-50-66(43-46-79(74)87-80)86(64-39-34-62(84)35-40-64)68-42-45-72-70-20-12-14-22-76(70)82(78(72)52-68,58-17-9-6-10-18-58)60-30-25-54(4-2)26-31-60/h3-4,6-7,9-28,30-32,34-37,39-42,44-45,47-52,59,70,72-73,76,78,80H,1-2,5,8,29,33,38,43,46H2. The van der Waals surface area contributed by atoms with E-state index in [1.54, 1.807) is 18.2 Å². The number of hydrogen-bond donors (Lipinski definition) is 0. The van der Waals surface area contributed by atoms with Crippen molar-refractivity contribution in [3.8, 4) is 11.1 Å². The summed E-state index contributed by atoms with van der Waals surface area (Å²) in [4.78, 5) is 4.78. The molecule has 9 atom stereocenters. The first-order chi connectivity index (χ1) is 42.8. The Labute approximate surface area is 509 Å². The smallest absolute Gasteiger partial charge is 0.128 e. The molecule has 426 valence electrons. The Balaban J connectivity index is 0.799. The van der Waals surface area contributed by atoms with Crippen molar-refractivity contribution < 1.29 is 13.5 Å². The van der Waals surface area contributed by atoms with Gasteiger partial charge in [-0.2, -0.15) is 0 Å². The average molecular weight is 1140 g/mol. The van der Waals surface area contributed by atoms with Gasteiger partial charge in [0.05, 0.1) is 5.41 Å². The highest BCUT2D eigenvalue weighted by atomic mass is 19.1. The van der Waals surface area contributed by atoms with Crippen LogP contribution < -0.4 is 20.2 Å². The molecule has 9 unspecified atom stereocenters. The molecule has 1 fully saturated rings. The number of benzene rings is 6. The highest BCUT2D eigenvalue weighted by molar-refractivity contribution is 5.87. The van der Waals surface area contributed by atoms with Crippen LogP contribution in [-0.4, -0.2) is 6.10 Å². The lowest BCUT2D eigenvalue weighted by molar-refractivity contribution is 0.173. The summed E-state index contributed by atoms with van der Waals surface area (Å²) >= 11 is 0. The molecule has 0 saturated heterocycles. The molecule has 1 heterocycles. The van der Waals surface area contributed by atoms with Crippen LogP contribution in [0.1, 0.15) is 72.8 Å². The Bertz CT molecular complexity index is 4400. The number of fused-ring (bicyclic) bond motifs is 9. The van der Waals surface area contributed by atoms with E-state index in [0.29, 0.717) is 12.8 Å². The normalized spacial score (nSPS) is 27.4. The summed E-state index contributed by atoms with van der Waals surface area (Å²) in [5.74, 6) is 1.61. The fourth-order valence-electron chi connectivity index (χ4n) is 17.0. The molecule has 0 radical (unpaired) electrons. The summed E-state index contributed by atoms with van der Waals surface area (Å²) < 4.78 is 37.1. The number of allylic oxidation sites excluding steroid dienone is 23. The van der Waals surface area contributed by atoms with Gasteiger partial charge in [0.2, 0.25) is 0 Å². The van der Waals surface area contributed by atoms with E-state index < -0.39 is 5.41 Å². The maximum Gasteiger partial charge on any atom is 0.128 e. The average Bonchev–Trinajstić information content (AvgIpc) is 1.61. The van der Waals surface area contributed by atoms with Crippen molar-refractivity contribution in [3.63, 3.8) is 0 Å². The molecule has 10 aliphatic rings. The molecule has 0 aromatic heterocycles. The van der Waals surface area contributed by atoms with Gasteiger partial charge in [-0.15, -0.1) is 0 Å². The van der Waals surface area contributed by atoms with Crippen LogP contribution in [0.25, 0.3) is 29.4 Å². The number of nitrogens with zero attached hydrogens (tertiary/aromatic N) is 2. The van der Waals surface area contributed by atoms with Crippen molar-refractivity contribution in [1.29, 1.82) is 0 Å². The molecule has 0 spiro atoms. The van der Waals surface area contributed by atoms with Gasteiger partial charge in [-0.3, -0.25) is 0 Å². The lowest BCUT2D eigenvalue weighted by Gasteiger charge is -2.43. The van der Waals surface area contributed by atoms with Gasteiger partial charge in [-0.1, -0.05) is 195 Å². The summed E-state index contributed by atoms with van der Waals surface area (Å²) in [6.07, 6.45) is 50.7.